The van der Waals surface area contributed by atoms with Crippen LogP contribution in [0.5, 0.6) is 0 Å². The Labute approximate surface area is 114 Å². The predicted octanol–water partition coefficient (Wildman–Crippen LogP) is 3.10. The third-order valence-electron chi connectivity index (χ3n) is 3.86. The molecule has 0 bridgehead atoms. The quantitative estimate of drug-likeness (QED) is 0.906. The maximum absolute atomic E-state index is 11.3. The minimum Gasteiger partial charge on any atom is -0.478 e. The Hall–Kier alpha value is -1.58. The number of aryl methyl sites for hydroxylation is 1. The van der Waals surface area contributed by atoms with Crippen molar-refractivity contribution in [3.05, 3.63) is 23.4 Å². The maximum Gasteiger partial charge on any atom is 0.339 e. The summed E-state index contributed by atoms with van der Waals surface area (Å²) in [6, 6.07) is 3.43. The number of carboxylic acid groups (broad SMARTS) is 1. The van der Waals surface area contributed by atoms with Crippen LogP contribution in [0.3, 0.4) is 0 Å². The molecule has 1 N–H and O–H groups in total. The van der Waals surface area contributed by atoms with Crippen molar-refractivity contribution in [1.82, 2.24) is 4.98 Å². The lowest BCUT2D eigenvalue weighted by atomic mass is 9.92. The number of rotatable bonds is 4. The van der Waals surface area contributed by atoms with Gasteiger partial charge in [-0.2, -0.15) is 0 Å². The van der Waals surface area contributed by atoms with Gasteiger partial charge in [-0.25, -0.2) is 9.78 Å². The van der Waals surface area contributed by atoms with Crippen molar-refractivity contribution in [3.63, 3.8) is 0 Å². The molecule has 1 fully saturated rings. The van der Waals surface area contributed by atoms with E-state index in [0.29, 0.717) is 11.4 Å². The SMILES string of the molecule is CCCC1CCN(c2nc(C)ccc2C(=O)O)CC1. The Morgan fingerprint density at radius 1 is 1.42 bits per heavy atom. The summed E-state index contributed by atoms with van der Waals surface area (Å²) in [6.07, 6.45) is 4.79. The first-order valence-electron chi connectivity index (χ1n) is 7.07. The molecule has 1 aliphatic heterocycles. The summed E-state index contributed by atoms with van der Waals surface area (Å²) in [7, 11) is 0. The summed E-state index contributed by atoms with van der Waals surface area (Å²) in [5.41, 5.74) is 1.19. The second-order valence-corrected chi connectivity index (χ2v) is 5.35. The number of carbonyl (C=O) groups is 1. The van der Waals surface area contributed by atoms with Gasteiger partial charge in [-0.05, 0) is 37.8 Å². The van der Waals surface area contributed by atoms with Crippen molar-refractivity contribution < 1.29 is 9.90 Å². The number of hydrogen-bond acceptors (Lipinski definition) is 3. The zero-order valence-electron chi connectivity index (χ0n) is 11.7. The number of nitrogens with zero attached hydrogens (tertiary/aromatic N) is 2. The standard InChI is InChI=1S/C15H22N2O2/c1-3-4-12-7-9-17(10-8-12)14-13(15(18)19)6-5-11(2)16-14/h5-6,12H,3-4,7-10H2,1-2H3,(H,18,19). The zero-order valence-corrected chi connectivity index (χ0v) is 11.7. The van der Waals surface area contributed by atoms with Crippen LogP contribution >= 0.6 is 0 Å². The summed E-state index contributed by atoms with van der Waals surface area (Å²) in [5, 5.41) is 9.26. The molecule has 1 aromatic rings. The first-order valence-corrected chi connectivity index (χ1v) is 7.07. The Bertz CT molecular complexity index is 451. The summed E-state index contributed by atoms with van der Waals surface area (Å²) in [6.45, 7) is 5.96. The molecule has 0 amide bonds. The van der Waals surface area contributed by atoms with Gasteiger partial charge in [-0.15, -0.1) is 0 Å². The molecule has 0 atom stereocenters. The topological polar surface area (TPSA) is 53.4 Å². The molecule has 1 aromatic heterocycles. The molecule has 0 radical (unpaired) electrons. The summed E-state index contributed by atoms with van der Waals surface area (Å²) < 4.78 is 0. The van der Waals surface area contributed by atoms with Gasteiger partial charge < -0.3 is 10.0 Å². The van der Waals surface area contributed by atoms with Crippen molar-refractivity contribution in [3.8, 4) is 0 Å². The van der Waals surface area contributed by atoms with Crippen LogP contribution in [-0.4, -0.2) is 29.1 Å². The highest BCUT2D eigenvalue weighted by molar-refractivity contribution is 5.93. The van der Waals surface area contributed by atoms with E-state index in [1.54, 1.807) is 12.1 Å². The molecule has 104 valence electrons. The van der Waals surface area contributed by atoms with E-state index >= 15 is 0 Å². The smallest absolute Gasteiger partial charge is 0.339 e. The van der Waals surface area contributed by atoms with Crippen LogP contribution in [0, 0.1) is 12.8 Å². The maximum atomic E-state index is 11.3. The van der Waals surface area contributed by atoms with Gasteiger partial charge in [-0.3, -0.25) is 0 Å². The van der Waals surface area contributed by atoms with Crippen LogP contribution in [0.25, 0.3) is 0 Å². The Balaban J connectivity index is 2.14. The largest absolute Gasteiger partial charge is 0.478 e. The molecule has 0 aliphatic carbocycles. The predicted molar refractivity (Wildman–Crippen MR) is 75.8 cm³/mol. The number of pyridine rings is 1. The van der Waals surface area contributed by atoms with Gasteiger partial charge in [0.15, 0.2) is 0 Å². The number of aromatic nitrogens is 1. The molecule has 19 heavy (non-hydrogen) atoms. The lowest BCUT2D eigenvalue weighted by Gasteiger charge is -2.33. The van der Waals surface area contributed by atoms with Gasteiger partial charge in [-0.1, -0.05) is 19.8 Å². The van der Waals surface area contributed by atoms with Crippen LogP contribution in [-0.2, 0) is 0 Å². The van der Waals surface area contributed by atoms with Gasteiger partial charge in [0.05, 0.1) is 0 Å². The minimum atomic E-state index is -0.891. The molecule has 1 aliphatic rings. The fraction of sp³-hybridized carbons (Fsp3) is 0.600. The van der Waals surface area contributed by atoms with E-state index in [-0.39, 0.29) is 0 Å². The fourth-order valence-corrected chi connectivity index (χ4v) is 2.79. The Morgan fingerprint density at radius 2 is 2.11 bits per heavy atom. The molecule has 0 unspecified atom stereocenters. The van der Waals surface area contributed by atoms with Crippen LogP contribution in [0.4, 0.5) is 5.82 Å². The monoisotopic (exact) mass is 262 g/mol. The highest BCUT2D eigenvalue weighted by atomic mass is 16.4. The number of hydrogen-bond donors (Lipinski definition) is 1. The molecule has 2 rings (SSSR count). The van der Waals surface area contributed by atoms with Crippen LogP contribution in [0.15, 0.2) is 12.1 Å². The Kier molecular flexibility index (Phi) is 4.40. The van der Waals surface area contributed by atoms with Gasteiger partial charge in [0.25, 0.3) is 0 Å². The van der Waals surface area contributed by atoms with Gasteiger partial charge in [0.2, 0.25) is 0 Å². The third kappa shape index (κ3) is 3.25. The average Bonchev–Trinajstić information content (AvgIpc) is 2.39. The number of piperidine rings is 1. The number of carboxylic acids is 1. The molecule has 1 saturated heterocycles. The highest BCUT2D eigenvalue weighted by Gasteiger charge is 2.23. The lowest BCUT2D eigenvalue weighted by molar-refractivity contribution is 0.0697. The first-order chi connectivity index (χ1) is 9.11. The second kappa shape index (κ2) is 6.04. The van der Waals surface area contributed by atoms with Crippen LogP contribution in [0.1, 0.15) is 48.7 Å². The average molecular weight is 262 g/mol. The van der Waals surface area contributed by atoms with Gasteiger partial charge in [0, 0.05) is 18.8 Å². The van der Waals surface area contributed by atoms with E-state index in [4.69, 9.17) is 0 Å². The minimum absolute atomic E-state index is 0.319. The van der Waals surface area contributed by atoms with E-state index in [0.717, 1.165) is 37.5 Å². The normalized spacial score (nSPS) is 16.6. The number of aromatic carboxylic acids is 1. The van der Waals surface area contributed by atoms with E-state index in [1.165, 1.54) is 12.8 Å². The van der Waals surface area contributed by atoms with Crippen molar-refractivity contribution >= 4 is 11.8 Å². The second-order valence-electron chi connectivity index (χ2n) is 5.35. The van der Waals surface area contributed by atoms with Crippen molar-refractivity contribution in [2.75, 3.05) is 18.0 Å². The van der Waals surface area contributed by atoms with Crippen molar-refractivity contribution in [1.29, 1.82) is 0 Å². The summed E-state index contributed by atoms with van der Waals surface area (Å²) in [4.78, 5) is 17.8. The van der Waals surface area contributed by atoms with E-state index < -0.39 is 5.97 Å². The van der Waals surface area contributed by atoms with E-state index in [9.17, 15) is 9.90 Å². The molecule has 0 saturated carbocycles. The highest BCUT2D eigenvalue weighted by Crippen LogP contribution is 2.27. The molecule has 4 heteroatoms. The van der Waals surface area contributed by atoms with E-state index in [1.807, 2.05) is 6.92 Å². The molecular weight excluding hydrogens is 240 g/mol. The van der Waals surface area contributed by atoms with Crippen LogP contribution < -0.4 is 4.90 Å². The Morgan fingerprint density at radius 3 is 2.68 bits per heavy atom. The van der Waals surface area contributed by atoms with Crippen molar-refractivity contribution in [2.24, 2.45) is 5.92 Å². The third-order valence-corrected chi connectivity index (χ3v) is 3.86. The zero-order chi connectivity index (χ0) is 13.8. The van der Waals surface area contributed by atoms with E-state index in [2.05, 4.69) is 16.8 Å². The fourth-order valence-electron chi connectivity index (χ4n) is 2.79. The molecule has 2 heterocycles. The summed E-state index contributed by atoms with van der Waals surface area (Å²) in [5.74, 6) is 0.542. The van der Waals surface area contributed by atoms with Crippen molar-refractivity contribution in [2.45, 2.75) is 39.5 Å². The molecular formula is C15H22N2O2. The number of anilines is 1. The molecule has 4 nitrogen and oxygen atoms in total. The lowest BCUT2D eigenvalue weighted by Crippen LogP contribution is -2.35. The van der Waals surface area contributed by atoms with Crippen LogP contribution in [0.2, 0.25) is 0 Å². The molecule has 0 spiro atoms. The molecule has 0 aromatic carbocycles. The van der Waals surface area contributed by atoms with Gasteiger partial charge >= 0.3 is 5.97 Å². The summed E-state index contributed by atoms with van der Waals surface area (Å²) >= 11 is 0. The van der Waals surface area contributed by atoms with Gasteiger partial charge in [0.1, 0.15) is 11.4 Å². The first kappa shape index (κ1) is 13.8.